The average molecular weight is 259 g/mol. The van der Waals surface area contributed by atoms with Crippen LogP contribution >= 0.6 is 0 Å². The molecule has 2 heterocycles. The predicted octanol–water partition coefficient (Wildman–Crippen LogP) is 0.900. The van der Waals surface area contributed by atoms with E-state index in [-0.39, 0.29) is 0 Å². The monoisotopic (exact) mass is 259 g/mol. The van der Waals surface area contributed by atoms with Crippen molar-refractivity contribution in [2.75, 3.05) is 13.1 Å². The number of nitrogens with one attached hydrogen (secondary N) is 1. The van der Waals surface area contributed by atoms with Crippen molar-refractivity contribution in [1.29, 1.82) is 0 Å². The molecule has 0 spiro atoms. The molecule has 5 nitrogen and oxygen atoms in total. The second kappa shape index (κ2) is 5.07. The van der Waals surface area contributed by atoms with Crippen LogP contribution in [-0.4, -0.2) is 31.5 Å². The molecule has 1 N–H and O–H groups in total. The second-order valence-electron chi connectivity index (χ2n) is 3.93. The van der Waals surface area contributed by atoms with Gasteiger partial charge in [-0.3, -0.25) is 0 Å². The lowest BCUT2D eigenvalue weighted by atomic mass is 10.2. The fourth-order valence-electron chi connectivity index (χ4n) is 1.77. The maximum atomic E-state index is 13.3. The number of piperidine rings is 1. The average Bonchev–Trinajstić information content (AvgIpc) is 2.30. The molecule has 1 saturated heterocycles. The molecule has 1 aliphatic rings. The normalized spacial score (nSPS) is 18.2. The van der Waals surface area contributed by atoms with Crippen LogP contribution in [0, 0.1) is 5.82 Å². The van der Waals surface area contributed by atoms with Gasteiger partial charge in [-0.25, -0.2) is 22.8 Å². The maximum Gasteiger partial charge on any atom is 0.273 e. The molecule has 0 atom stereocenters. The fourth-order valence-corrected chi connectivity index (χ4v) is 2.90. The van der Waals surface area contributed by atoms with E-state index in [4.69, 9.17) is 0 Å². The summed E-state index contributed by atoms with van der Waals surface area (Å²) in [5, 5.41) is 1.04. The summed E-state index contributed by atoms with van der Waals surface area (Å²) in [7, 11) is -3.90. The smallest absolute Gasteiger partial charge is 0.241 e. The van der Waals surface area contributed by atoms with Gasteiger partial charge in [0.05, 0.1) is 0 Å². The lowest BCUT2D eigenvalue weighted by Gasteiger charge is -2.26. The predicted molar refractivity (Wildman–Crippen MR) is 59.9 cm³/mol. The number of aromatic nitrogens is 1. The van der Waals surface area contributed by atoms with Gasteiger partial charge in [0.1, 0.15) is 0 Å². The SMILES string of the molecule is O=S(=O)(NN1CCCCC1)c1ncccc1F. The Bertz CT molecular complexity index is 486. The quantitative estimate of drug-likeness (QED) is 0.876. The first-order valence-electron chi connectivity index (χ1n) is 5.47. The van der Waals surface area contributed by atoms with Crippen LogP contribution in [0.1, 0.15) is 19.3 Å². The third-order valence-electron chi connectivity index (χ3n) is 2.58. The van der Waals surface area contributed by atoms with Gasteiger partial charge in [0.15, 0.2) is 5.82 Å². The minimum Gasteiger partial charge on any atom is -0.241 e. The fraction of sp³-hybridized carbons (Fsp3) is 0.500. The number of rotatable bonds is 3. The number of nitrogens with zero attached hydrogens (tertiary/aromatic N) is 2. The minimum atomic E-state index is -3.90. The third-order valence-corrected chi connectivity index (χ3v) is 3.89. The van der Waals surface area contributed by atoms with Crippen molar-refractivity contribution in [3.63, 3.8) is 0 Å². The summed E-state index contributed by atoms with van der Waals surface area (Å²) in [6, 6.07) is 2.44. The zero-order chi connectivity index (χ0) is 12.3. The number of hydrazine groups is 1. The van der Waals surface area contributed by atoms with E-state index in [9.17, 15) is 12.8 Å². The molecule has 0 saturated carbocycles. The van der Waals surface area contributed by atoms with Gasteiger partial charge < -0.3 is 0 Å². The lowest BCUT2D eigenvalue weighted by molar-refractivity contribution is 0.199. The zero-order valence-corrected chi connectivity index (χ0v) is 10.1. The van der Waals surface area contributed by atoms with Gasteiger partial charge in [0, 0.05) is 19.3 Å². The molecule has 1 aromatic rings. The summed E-state index contributed by atoms with van der Waals surface area (Å²) >= 11 is 0. The number of pyridine rings is 1. The Balaban J connectivity index is 2.16. The van der Waals surface area contributed by atoms with Crippen LogP contribution in [0.15, 0.2) is 23.4 Å². The largest absolute Gasteiger partial charge is 0.273 e. The Morgan fingerprint density at radius 2 is 2.00 bits per heavy atom. The number of hydrogen-bond acceptors (Lipinski definition) is 4. The second-order valence-corrected chi connectivity index (χ2v) is 5.51. The summed E-state index contributed by atoms with van der Waals surface area (Å²) in [5.74, 6) is -0.836. The van der Waals surface area contributed by atoms with Crippen molar-refractivity contribution < 1.29 is 12.8 Å². The molecule has 0 aromatic carbocycles. The first-order valence-corrected chi connectivity index (χ1v) is 6.96. The molecule has 1 aromatic heterocycles. The summed E-state index contributed by atoms with van der Waals surface area (Å²) in [5.41, 5.74) is 0. The van der Waals surface area contributed by atoms with Gasteiger partial charge in [-0.2, -0.15) is 0 Å². The molecule has 0 aliphatic carbocycles. The van der Waals surface area contributed by atoms with E-state index in [2.05, 4.69) is 9.82 Å². The Kier molecular flexibility index (Phi) is 3.70. The molecule has 94 valence electrons. The molecule has 0 radical (unpaired) electrons. The highest BCUT2D eigenvalue weighted by molar-refractivity contribution is 7.89. The van der Waals surface area contributed by atoms with Gasteiger partial charge >= 0.3 is 0 Å². The van der Waals surface area contributed by atoms with Crippen molar-refractivity contribution in [1.82, 2.24) is 14.8 Å². The number of sulfonamides is 1. The van der Waals surface area contributed by atoms with Crippen LogP contribution in [0.5, 0.6) is 0 Å². The van der Waals surface area contributed by atoms with Crippen LogP contribution in [0.2, 0.25) is 0 Å². The molecule has 7 heteroatoms. The summed E-state index contributed by atoms with van der Waals surface area (Å²) in [6.45, 7) is 1.29. The van der Waals surface area contributed by atoms with Crippen LogP contribution < -0.4 is 4.83 Å². The van der Waals surface area contributed by atoms with E-state index >= 15 is 0 Å². The highest BCUT2D eigenvalue weighted by atomic mass is 32.2. The molecular weight excluding hydrogens is 245 g/mol. The molecular formula is C10H14FN3O2S. The van der Waals surface area contributed by atoms with Crippen molar-refractivity contribution >= 4 is 10.0 Å². The minimum absolute atomic E-state index is 0.550. The van der Waals surface area contributed by atoms with E-state index in [1.807, 2.05) is 0 Å². The lowest BCUT2D eigenvalue weighted by Crippen LogP contribution is -2.45. The van der Waals surface area contributed by atoms with Gasteiger partial charge in [-0.15, -0.1) is 4.83 Å². The highest BCUT2D eigenvalue weighted by Crippen LogP contribution is 2.12. The summed E-state index contributed by atoms with van der Waals surface area (Å²) in [6.07, 6.45) is 4.23. The van der Waals surface area contributed by atoms with E-state index in [0.717, 1.165) is 25.3 Å². The Morgan fingerprint density at radius 3 is 2.65 bits per heavy atom. The van der Waals surface area contributed by atoms with E-state index in [1.165, 1.54) is 12.3 Å². The number of hydrogen-bond donors (Lipinski definition) is 1. The third kappa shape index (κ3) is 2.99. The first kappa shape index (κ1) is 12.4. The van der Waals surface area contributed by atoms with Crippen LogP contribution in [0.3, 0.4) is 0 Å². The van der Waals surface area contributed by atoms with Gasteiger partial charge in [-0.05, 0) is 25.0 Å². The van der Waals surface area contributed by atoms with E-state index in [1.54, 1.807) is 5.01 Å². The Morgan fingerprint density at radius 1 is 1.29 bits per heavy atom. The topological polar surface area (TPSA) is 62.3 Å². The van der Waals surface area contributed by atoms with Crippen molar-refractivity contribution in [2.24, 2.45) is 0 Å². The summed E-state index contributed by atoms with van der Waals surface area (Å²) in [4.78, 5) is 5.92. The van der Waals surface area contributed by atoms with Gasteiger partial charge in [-0.1, -0.05) is 6.42 Å². The first-order chi connectivity index (χ1) is 8.09. The molecule has 1 fully saturated rings. The van der Waals surface area contributed by atoms with Crippen molar-refractivity contribution in [2.45, 2.75) is 24.3 Å². The van der Waals surface area contributed by atoms with Gasteiger partial charge in [0.2, 0.25) is 5.03 Å². The van der Waals surface area contributed by atoms with Crippen LogP contribution in [0.25, 0.3) is 0 Å². The van der Waals surface area contributed by atoms with Crippen LogP contribution in [-0.2, 0) is 10.0 Å². The van der Waals surface area contributed by atoms with E-state index < -0.39 is 20.9 Å². The Hall–Kier alpha value is -1.05. The molecule has 2 rings (SSSR count). The molecule has 0 unspecified atom stereocenters. The summed E-state index contributed by atoms with van der Waals surface area (Å²) < 4.78 is 37.1. The zero-order valence-electron chi connectivity index (χ0n) is 9.26. The Labute approximate surface area is 99.7 Å². The number of halogens is 1. The van der Waals surface area contributed by atoms with Crippen molar-refractivity contribution in [3.8, 4) is 0 Å². The van der Waals surface area contributed by atoms with Gasteiger partial charge in [0.25, 0.3) is 10.0 Å². The standard InChI is InChI=1S/C10H14FN3O2S/c11-9-5-4-6-12-10(9)17(15,16)13-14-7-2-1-3-8-14/h4-6,13H,1-3,7-8H2. The van der Waals surface area contributed by atoms with Crippen LogP contribution in [0.4, 0.5) is 4.39 Å². The maximum absolute atomic E-state index is 13.3. The molecule has 17 heavy (non-hydrogen) atoms. The molecule has 1 aliphatic heterocycles. The molecule has 0 bridgehead atoms. The molecule has 0 amide bonds. The van der Waals surface area contributed by atoms with Crippen molar-refractivity contribution in [3.05, 3.63) is 24.1 Å². The highest BCUT2D eigenvalue weighted by Gasteiger charge is 2.24. The van der Waals surface area contributed by atoms with E-state index in [0.29, 0.717) is 13.1 Å².